The number of carbonyl (C=O) groups is 1. The van der Waals surface area contributed by atoms with Crippen LogP contribution in [0.1, 0.15) is 21.5 Å². The summed E-state index contributed by atoms with van der Waals surface area (Å²) in [5, 5.41) is 2.63. The number of nitrogens with one attached hydrogen (secondary N) is 2. The second-order valence-corrected chi connectivity index (χ2v) is 6.21. The lowest BCUT2D eigenvalue weighted by atomic mass is 10.4. The van der Waals surface area contributed by atoms with Crippen molar-refractivity contribution < 1.29 is 13.2 Å². The Kier molecular flexibility index (Phi) is 4.06. The SMILES string of the molecule is CCNC(=O)c1cc(S(=O)(=O)NC)c(C)s1. The highest BCUT2D eigenvalue weighted by molar-refractivity contribution is 7.89. The molecule has 7 heteroatoms. The molecule has 0 aliphatic heterocycles. The summed E-state index contributed by atoms with van der Waals surface area (Å²) in [4.78, 5) is 12.7. The highest BCUT2D eigenvalue weighted by Gasteiger charge is 2.20. The van der Waals surface area contributed by atoms with Gasteiger partial charge in [0.1, 0.15) is 0 Å². The summed E-state index contributed by atoms with van der Waals surface area (Å²) >= 11 is 1.17. The van der Waals surface area contributed by atoms with Crippen LogP contribution in [0.3, 0.4) is 0 Å². The van der Waals surface area contributed by atoms with Crippen LogP contribution >= 0.6 is 11.3 Å². The van der Waals surface area contributed by atoms with Crippen LogP contribution in [0.15, 0.2) is 11.0 Å². The normalized spacial score (nSPS) is 11.4. The van der Waals surface area contributed by atoms with Crippen molar-refractivity contribution >= 4 is 27.3 Å². The molecule has 5 nitrogen and oxygen atoms in total. The Labute approximate surface area is 98.9 Å². The zero-order valence-corrected chi connectivity index (χ0v) is 11.0. The minimum absolute atomic E-state index is 0.168. The van der Waals surface area contributed by atoms with Gasteiger partial charge in [-0.1, -0.05) is 0 Å². The van der Waals surface area contributed by atoms with Gasteiger partial charge >= 0.3 is 0 Å². The summed E-state index contributed by atoms with van der Waals surface area (Å²) in [5.74, 6) is -0.242. The number of hydrogen-bond donors (Lipinski definition) is 2. The second-order valence-electron chi connectivity index (χ2n) is 3.10. The Morgan fingerprint density at radius 2 is 2.12 bits per heavy atom. The molecule has 16 heavy (non-hydrogen) atoms. The summed E-state index contributed by atoms with van der Waals surface area (Å²) in [7, 11) is -2.13. The van der Waals surface area contributed by atoms with E-state index in [1.165, 1.54) is 24.5 Å². The van der Waals surface area contributed by atoms with Crippen molar-refractivity contribution in [2.75, 3.05) is 13.6 Å². The van der Waals surface area contributed by atoms with Gasteiger partial charge in [-0.05, 0) is 27.0 Å². The molecule has 0 aliphatic carbocycles. The maximum Gasteiger partial charge on any atom is 0.261 e. The van der Waals surface area contributed by atoms with Gasteiger partial charge in [0.05, 0.1) is 9.77 Å². The standard InChI is InChI=1S/C9H14N2O3S2/c1-4-11-9(12)7-5-8(6(2)15-7)16(13,14)10-3/h5,10H,4H2,1-3H3,(H,11,12). The van der Waals surface area contributed by atoms with Crippen LogP contribution in [0, 0.1) is 6.92 Å². The third-order valence-electron chi connectivity index (χ3n) is 1.99. The molecular weight excluding hydrogens is 248 g/mol. The Morgan fingerprint density at radius 3 is 2.62 bits per heavy atom. The summed E-state index contributed by atoms with van der Waals surface area (Å²) in [6.07, 6.45) is 0. The highest BCUT2D eigenvalue weighted by Crippen LogP contribution is 2.25. The van der Waals surface area contributed by atoms with E-state index in [9.17, 15) is 13.2 Å². The molecule has 0 fully saturated rings. The molecule has 1 aromatic rings. The maximum absolute atomic E-state index is 11.6. The first-order chi connectivity index (χ1) is 7.42. The van der Waals surface area contributed by atoms with E-state index in [0.717, 1.165) is 0 Å². The topological polar surface area (TPSA) is 75.3 Å². The van der Waals surface area contributed by atoms with E-state index < -0.39 is 10.0 Å². The lowest BCUT2D eigenvalue weighted by molar-refractivity contribution is 0.0959. The molecule has 1 aromatic heterocycles. The minimum Gasteiger partial charge on any atom is -0.352 e. The van der Waals surface area contributed by atoms with Crippen molar-refractivity contribution in [1.82, 2.24) is 10.0 Å². The van der Waals surface area contributed by atoms with Crippen LogP contribution < -0.4 is 10.0 Å². The molecule has 0 saturated carbocycles. The van der Waals surface area contributed by atoms with E-state index in [1.54, 1.807) is 6.92 Å². The monoisotopic (exact) mass is 262 g/mol. The van der Waals surface area contributed by atoms with Gasteiger partial charge in [-0.15, -0.1) is 11.3 Å². The van der Waals surface area contributed by atoms with Gasteiger partial charge in [0.25, 0.3) is 5.91 Å². The summed E-state index contributed by atoms with van der Waals surface area (Å²) < 4.78 is 25.4. The van der Waals surface area contributed by atoms with Crippen LogP contribution in [-0.4, -0.2) is 27.9 Å². The zero-order chi connectivity index (χ0) is 12.3. The molecule has 0 radical (unpaired) electrons. The van der Waals surface area contributed by atoms with Gasteiger partial charge in [-0.2, -0.15) is 0 Å². The molecule has 0 saturated heterocycles. The number of thiophene rings is 1. The van der Waals surface area contributed by atoms with Gasteiger partial charge in [0, 0.05) is 11.4 Å². The molecular formula is C9H14N2O3S2. The smallest absolute Gasteiger partial charge is 0.261 e. The van der Waals surface area contributed by atoms with Gasteiger partial charge in [-0.3, -0.25) is 4.79 Å². The van der Waals surface area contributed by atoms with E-state index in [-0.39, 0.29) is 10.8 Å². The molecule has 90 valence electrons. The molecule has 0 spiro atoms. The van der Waals surface area contributed by atoms with Crippen molar-refractivity contribution in [2.45, 2.75) is 18.7 Å². The fourth-order valence-corrected chi connectivity index (χ4v) is 3.43. The average Bonchev–Trinajstić information content (AvgIpc) is 2.61. The lowest BCUT2D eigenvalue weighted by Gasteiger charge is -1.99. The van der Waals surface area contributed by atoms with Crippen molar-refractivity contribution in [2.24, 2.45) is 0 Å². The zero-order valence-electron chi connectivity index (χ0n) is 9.33. The third kappa shape index (κ3) is 2.60. The van der Waals surface area contributed by atoms with Crippen LogP contribution in [0.2, 0.25) is 0 Å². The Balaban J connectivity index is 3.13. The summed E-state index contributed by atoms with van der Waals surface area (Å²) in [5.41, 5.74) is 0. The van der Waals surface area contributed by atoms with Gasteiger partial charge in [-0.25, -0.2) is 13.1 Å². The molecule has 1 heterocycles. The first-order valence-corrected chi connectivity index (χ1v) is 7.04. The molecule has 0 aromatic carbocycles. The Morgan fingerprint density at radius 1 is 1.50 bits per heavy atom. The maximum atomic E-state index is 11.6. The van der Waals surface area contributed by atoms with Crippen molar-refractivity contribution in [3.8, 4) is 0 Å². The van der Waals surface area contributed by atoms with Crippen LogP contribution in [0.5, 0.6) is 0 Å². The predicted octanol–water partition coefficient (Wildman–Crippen LogP) is 0.714. The number of rotatable bonds is 4. The summed E-state index contributed by atoms with van der Waals surface area (Å²) in [6, 6.07) is 1.40. The van der Waals surface area contributed by atoms with E-state index in [1.807, 2.05) is 6.92 Å². The molecule has 1 amide bonds. The first kappa shape index (κ1) is 13.1. The van der Waals surface area contributed by atoms with E-state index in [2.05, 4.69) is 10.0 Å². The van der Waals surface area contributed by atoms with Crippen LogP contribution in [-0.2, 0) is 10.0 Å². The molecule has 0 atom stereocenters. The van der Waals surface area contributed by atoms with Crippen LogP contribution in [0.4, 0.5) is 0 Å². The fourth-order valence-electron chi connectivity index (χ4n) is 1.20. The van der Waals surface area contributed by atoms with Crippen molar-refractivity contribution in [1.29, 1.82) is 0 Å². The van der Waals surface area contributed by atoms with Crippen molar-refractivity contribution in [3.63, 3.8) is 0 Å². The quantitative estimate of drug-likeness (QED) is 0.839. The number of sulfonamides is 1. The number of carbonyl (C=O) groups excluding carboxylic acids is 1. The van der Waals surface area contributed by atoms with E-state index in [4.69, 9.17) is 0 Å². The molecule has 2 N–H and O–H groups in total. The lowest BCUT2D eigenvalue weighted by Crippen LogP contribution is -2.22. The fraction of sp³-hybridized carbons (Fsp3) is 0.444. The minimum atomic E-state index is -3.48. The van der Waals surface area contributed by atoms with Gasteiger partial charge < -0.3 is 5.32 Å². The number of hydrogen-bond acceptors (Lipinski definition) is 4. The molecule has 0 aliphatic rings. The first-order valence-electron chi connectivity index (χ1n) is 4.74. The van der Waals surface area contributed by atoms with Gasteiger partial charge in [0.2, 0.25) is 10.0 Å². The Bertz CT molecular complexity index is 491. The van der Waals surface area contributed by atoms with E-state index in [0.29, 0.717) is 16.3 Å². The molecule has 0 unspecified atom stereocenters. The van der Waals surface area contributed by atoms with Gasteiger partial charge in [0.15, 0.2) is 0 Å². The molecule has 0 bridgehead atoms. The highest BCUT2D eigenvalue weighted by atomic mass is 32.2. The Hall–Kier alpha value is -0.920. The third-order valence-corrected chi connectivity index (χ3v) is 4.71. The van der Waals surface area contributed by atoms with Crippen molar-refractivity contribution in [3.05, 3.63) is 15.8 Å². The summed E-state index contributed by atoms with van der Waals surface area (Å²) in [6.45, 7) is 4.01. The number of amides is 1. The largest absolute Gasteiger partial charge is 0.352 e. The predicted molar refractivity (Wildman–Crippen MR) is 63.3 cm³/mol. The second kappa shape index (κ2) is 4.94. The molecule has 1 rings (SSSR count). The average molecular weight is 262 g/mol. The van der Waals surface area contributed by atoms with Crippen LogP contribution in [0.25, 0.3) is 0 Å². The van der Waals surface area contributed by atoms with E-state index >= 15 is 0 Å². The number of aryl methyl sites for hydroxylation is 1.